The first-order valence-electron chi connectivity index (χ1n) is 6.51. The van der Waals surface area contributed by atoms with Gasteiger partial charge in [-0.25, -0.2) is 4.39 Å². The van der Waals surface area contributed by atoms with E-state index in [1.54, 1.807) is 18.3 Å². The highest BCUT2D eigenvalue weighted by Crippen LogP contribution is 2.28. The van der Waals surface area contributed by atoms with Gasteiger partial charge in [0, 0.05) is 37.9 Å². The molecule has 0 unspecified atom stereocenters. The van der Waals surface area contributed by atoms with Crippen LogP contribution in [-0.2, 0) is 0 Å². The Labute approximate surface area is 112 Å². The van der Waals surface area contributed by atoms with Crippen molar-refractivity contribution < 1.29 is 4.39 Å². The third-order valence-corrected chi connectivity index (χ3v) is 3.36. The van der Waals surface area contributed by atoms with E-state index in [9.17, 15) is 4.39 Å². The smallest absolute Gasteiger partial charge is 0.123 e. The van der Waals surface area contributed by atoms with Gasteiger partial charge in [0.15, 0.2) is 0 Å². The van der Waals surface area contributed by atoms with Crippen LogP contribution in [-0.4, -0.2) is 31.2 Å². The molecule has 19 heavy (non-hydrogen) atoms. The number of hydrogen-bond donors (Lipinski definition) is 1. The predicted octanol–water partition coefficient (Wildman–Crippen LogP) is 2.30. The van der Waals surface area contributed by atoms with Crippen molar-refractivity contribution in [3.63, 3.8) is 0 Å². The molecule has 0 saturated carbocycles. The molecule has 1 saturated heterocycles. The standard InChI is InChI=1S/C15H16FN3/c16-13-5-3-12(4-6-13)15-14(2-1-7-18-15)19-10-8-17-9-11-19/h1-7,17H,8-11H2. The van der Waals surface area contributed by atoms with E-state index in [1.165, 1.54) is 12.1 Å². The summed E-state index contributed by atoms with van der Waals surface area (Å²) in [5.74, 6) is -0.219. The van der Waals surface area contributed by atoms with E-state index < -0.39 is 0 Å². The van der Waals surface area contributed by atoms with Crippen LogP contribution >= 0.6 is 0 Å². The first-order chi connectivity index (χ1) is 9.34. The van der Waals surface area contributed by atoms with Crippen LogP contribution in [0.25, 0.3) is 11.3 Å². The van der Waals surface area contributed by atoms with E-state index in [2.05, 4.69) is 21.3 Å². The van der Waals surface area contributed by atoms with Crippen LogP contribution in [0.1, 0.15) is 0 Å². The molecular weight excluding hydrogens is 241 g/mol. The molecule has 98 valence electrons. The minimum atomic E-state index is -0.219. The van der Waals surface area contributed by atoms with Gasteiger partial charge in [0.1, 0.15) is 5.82 Å². The average molecular weight is 257 g/mol. The van der Waals surface area contributed by atoms with Crippen LogP contribution < -0.4 is 10.2 Å². The lowest BCUT2D eigenvalue weighted by molar-refractivity contribution is 0.589. The summed E-state index contributed by atoms with van der Waals surface area (Å²) in [6.45, 7) is 3.91. The maximum absolute atomic E-state index is 13.0. The van der Waals surface area contributed by atoms with Crippen LogP contribution in [0.3, 0.4) is 0 Å². The summed E-state index contributed by atoms with van der Waals surface area (Å²) in [6, 6.07) is 10.5. The van der Waals surface area contributed by atoms with E-state index in [4.69, 9.17) is 0 Å². The molecule has 2 heterocycles. The molecule has 1 N–H and O–H groups in total. The Balaban J connectivity index is 1.98. The number of aromatic nitrogens is 1. The van der Waals surface area contributed by atoms with E-state index in [1.807, 2.05) is 6.07 Å². The van der Waals surface area contributed by atoms with Gasteiger partial charge in [0.05, 0.1) is 11.4 Å². The number of halogens is 1. The third-order valence-electron chi connectivity index (χ3n) is 3.36. The summed E-state index contributed by atoms with van der Waals surface area (Å²) in [6.07, 6.45) is 1.78. The molecule has 1 fully saturated rings. The van der Waals surface area contributed by atoms with Crippen molar-refractivity contribution in [1.29, 1.82) is 0 Å². The van der Waals surface area contributed by atoms with Gasteiger partial charge in [-0.05, 0) is 36.4 Å². The molecule has 1 aliphatic heterocycles. The summed E-state index contributed by atoms with van der Waals surface area (Å²) in [7, 11) is 0. The minimum absolute atomic E-state index is 0.219. The largest absolute Gasteiger partial charge is 0.367 e. The second kappa shape index (κ2) is 5.36. The molecular formula is C15H16FN3. The SMILES string of the molecule is Fc1ccc(-c2ncccc2N2CCNCC2)cc1. The third kappa shape index (κ3) is 2.58. The Morgan fingerprint density at radius 3 is 2.53 bits per heavy atom. The zero-order valence-electron chi connectivity index (χ0n) is 10.6. The molecule has 0 bridgehead atoms. The number of hydrogen-bond acceptors (Lipinski definition) is 3. The van der Waals surface area contributed by atoms with Crippen molar-refractivity contribution in [3.05, 3.63) is 48.4 Å². The van der Waals surface area contributed by atoms with E-state index in [0.717, 1.165) is 43.1 Å². The van der Waals surface area contributed by atoms with E-state index in [-0.39, 0.29) is 5.82 Å². The highest BCUT2D eigenvalue weighted by atomic mass is 19.1. The fourth-order valence-corrected chi connectivity index (χ4v) is 2.39. The van der Waals surface area contributed by atoms with Gasteiger partial charge < -0.3 is 10.2 Å². The van der Waals surface area contributed by atoms with Gasteiger partial charge in [-0.1, -0.05) is 0 Å². The van der Waals surface area contributed by atoms with Crippen LogP contribution in [0.5, 0.6) is 0 Å². The average Bonchev–Trinajstić information content (AvgIpc) is 2.49. The lowest BCUT2D eigenvalue weighted by atomic mass is 10.1. The first-order valence-corrected chi connectivity index (χ1v) is 6.51. The van der Waals surface area contributed by atoms with Gasteiger partial charge in [0.25, 0.3) is 0 Å². The number of rotatable bonds is 2. The fourth-order valence-electron chi connectivity index (χ4n) is 2.39. The summed E-state index contributed by atoms with van der Waals surface area (Å²) in [5, 5.41) is 3.34. The van der Waals surface area contributed by atoms with Crippen LogP contribution in [0.15, 0.2) is 42.6 Å². The van der Waals surface area contributed by atoms with Crippen LogP contribution in [0.4, 0.5) is 10.1 Å². The monoisotopic (exact) mass is 257 g/mol. The molecule has 3 nitrogen and oxygen atoms in total. The second-order valence-corrected chi connectivity index (χ2v) is 4.62. The fraction of sp³-hybridized carbons (Fsp3) is 0.267. The topological polar surface area (TPSA) is 28.2 Å². The molecule has 1 aliphatic rings. The van der Waals surface area contributed by atoms with E-state index in [0.29, 0.717) is 0 Å². The molecule has 2 aromatic rings. The molecule has 1 aromatic heterocycles. The normalized spacial score (nSPS) is 15.5. The molecule has 0 aliphatic carbocycles. The highest BCUT2D eigenvalue weighted by Gasteiger charge is 2.15. The van der Waals surface area contributed by atoms with Gasteiger partial charge in [-0.2, -0.15) is 0 Å². The van der Waals surface area contributed by atoms with Crippen LogP contribution in [0, 0.1) is 5.82 Å². The molecule has 0 radical (unpaired) electrons. The van der Waals surface area contributed by atoms with Crippen molar-refractivity contribution in [2.24, 2.45) is 0 Å². The van der Waals surface area contributed by atoms with Gasteiger partial charge in [-0.3, -0.25) is 4.98 Å². The number of nitrogens with zero attached hydrogens (tertiary/aromatic N) is 2. The first kappa shape index (κ1) is 12.1. The summed E-state index contributed by atoms with van der Waals surface area (Å²) in [5.41, 5.74) is 3.00. The van der Waals surface area contributed by atoms with Crippen LogP contribution in [0.2, 0.25) is 0 Å². The van der Waals surface area contributed by atoms with Crippen molar-refractivity contribution >= 4 is 5.69 Å². The van der Waals surface area contributed by atoms with E-state index >= 15 is 0 Å². The molecule has 0 amide bonds. The van der Waals surface area contributed by atoms with Gasteiger partial charge in [-0.15, -0.1) is 0 Å². The summed E-state index contributed by atoms with van der Waals surface area (Å²) >= 11 is 0. The Morgan fingerprint density at radius 2 is 1.79 bits per heavy atom. The summed E-state index contributed by atoms with van der Waals surface area (Å²) in [4.78, 5) is 6.79. The molecule has 1 aromatic carbocycles. The number of piperazine rings is 1. The minimum Gasteiger partial charge on any atom is -0.367 e. The zero-order valence-corrected chi connectivity index (χ0v) is 10.6. The Bertz CT molecular complexity index is 548. The molecule has 0 spiro atoms. The molecule has 0 atom stereocenters. The van der Waals surface area contributed by atoms with Gasteiger partial charge >= 0.3 is 0 Å². The van der Waals surface area contributed by atoms with Crippen molar-refractivity contribution in [1.82, 2.24) is 10.3 Å². The lowest BCUT2D eigenvalue weighted by Gasteiger charge is -2.30. The zero-order chi connectivity index (χ0) is 13.1. The summed E-state index contributed by atoms with van der Waals surface area (Å²) < 4.78 is 13.0. The van der Waals surface area contributed by atoms with Crippen molar-refractivity contribution in [2.75, 3.05) is 31.1 Å². The number of pyridine rings is 1. The second-order valence-electron chi connectivity index (χ2n) is 4.62. The van der Waals surface area contributed by atoms with Crippen molar-refractivity contribution in [2.45, 2.75) is 0 Å². The Hall–Kier alpha value is -1.94. The van der Waals surface area contributed by atoms with Gasteiger partial charge in [0.2, 0.25) is 0 Å². The maximum Gasteiger partial charge on any atom is 0.123 e. The molecule has 4 heteroatoms. The number of anilines is 1. The molecule has 3 rings (SSSR count). The number of nitrogens with one attached hydrogen (secondary N) is 1. The Kier molecular flexibility index (Phi) is 3.42. The predicted molar refractivity (Wildman–Crippen MR) is 74.7 cm³/mol. The highest BCUT2D eigenvalue weighted by molar-refractivity contribution is 5.75. The van der Waals surface area contributed by atoms with Crippen molar-refractivity contribution in [3.8, 4) is 11.3 Å². The Morgan fingerprint density at radius 1 is 1.05 bits per heavy atom. The lowest BCUT2D eigenvalue weighted by Crippen LogP contribution is -2.43. The number of benzene rings is 1. The maximum atomic E-state index is 13.0. The quantitative estimate of drug-likeness (QED) is 0.894.